The van der Waals surface area contributed by atoms with Crippen LogP contribution in [0.3, 0.4) is 0 Å². The molecule has 0 N–H and O–H groups in total. The molecule has 0 bridgehead atoms. The molecule has 4 rings (SSSR count). The van der Waals surface area contributed by atoms with Gasteiger partial charge in [0, 0.05) is 11.1 Å². The molecular formula is C22H24N2O5V. The standard InChI is InChI=1S/2C11H13NO2.O.V/c2*1-11(2)7-14-10(12-11)8-5-3-4-6-9(8)13;;/h2*3-6,13H,7H2,1-2H3;;/q;;-2;+4/p-2. The van der Waals surface area contributed by atoms with Gasteiger partial charge in [-0.25, -0.2) is 9.98 Å². The molecule has 0 amide bonds. The normalized spacial score (nSPS) is 17.6. The quantitative estimate of drug-likeness (QED) is 0.703. The molecule has 0 unspecified atom stereocenters. The van der Waals surface area contributed by atoms with Gasteiger partial charge in [-0.3, -0.25) is 0 Å². The van der Waals surface area contributed by atoms with Gasteiger partial charge in [-0.1, -0.05) is 60.0 Å². The molecule has 2 aliphatic heterocycles. The van der Waals surface area contributed by atoms with Crippen molar-refractivity contribution in [2.45, 2.75) is 38.8 Å². The summed E-state index contributed by atoms with van der Waals surface area (Å²) in [7, 11) is 0. The minimum absolute atomic E-state index is 0. The van der Waals surface area contributed by atoms with E-state index in [2.05, 4.69) is 9.98 Å². The maximum atomic E-state index is 11.5. The molecule has 0 spiro atoms. The smallest absolute Gasteiger partial charge is 2.00 e. The predicted molar refractivity (Wildman–Crippen MR) is 106 cm³/mol. The van der Waals surface area contributed by atoms with Crippen LogP contribution in [0.1, 0.15) is 38.8 Å². The van der Waals surface area contributed by atoms with E-state index in [9.17, 15) is 10.2 Å². The van der Waals surface area contributed by atoms with Crippen LogP contribution in [0.25, 0.3) is 0 Å². The molecule has 2 heterocycles. The van der Waals surface area contributed by atoms with Crippen molar-refractivity contribution >= 4 is 11.8 Å². The van der Waals surface area contributed by atoms with Crippen LogP contribution in [0.4, 0.5) is 0 Å². The summed E-state index contributed by atoms with van der Waals surface area (Å²) in [6, 6.07) is 13.6. The third-order valence-electron chi connectivity index (χ3n) is 4.17. The Morgan fingerprint density at radius 2 is 1.03 bits per heavy atom. The van der Waals surface area contributed by atoms with E-state index in [1.54, 1.807) is 24.3 Å². The van der Waals surface area contributed by atoms with Gasteiger partial charge in [0.25, 0.3) is 0 Å². The minimum Gasteiger partial charge on any atom is -2.00 e. The molecule has 0 saturated heterocycles. The molecule has 7 nitrogen and oxygen atoms in total. The van der Waals surface area contributed by atoms with Gasteiger partial charge < -0.3 is 25.2 Å². The molecule has 30 heavy (non-hydrogen) atoms. The first kappa shape index (κ1) is 25.6. The van der Waals surface area contributed by atoms with E-state index < -0.39 is 0 Å². The van der Waals surface area contributed by atoms with Gasteiger partial charge >= 0.3 is 18.6 Å². The van der Waals surface area contributed by atoms with Crippen LogP contribution in [0.5, 0.6) is 11.5 Å². The summed E-state index contributed by atoms with van der Waals surface area (Å²) in [5.74, 6) is 0.870. The topological polar surface area (TPSA) is 118 Å². The first-order valence-electron chi connectivity index (χ1n) is 9.15. The third-order valence-corrected chi connectivity index (χ3v) is 4.17. The van der Waals surface area contributed by atoms with E-state index in [1.165, 1.54) is 12.1 Å². The molecule has 8 heteroatoms. The summed E-state index contributed by atoms with van der Waals surface area (Å²) >= 11 is 0. The van der Waals surface area contributed by atoms with E-state index >= 15 is 0 Å². The van der Waals surface area contributed by atoms with Crippen LogP contribution in [0.15, 0.2) is 58.5 Å². The fourth-order valence-electron chi connectivity index (χ4n) is 2.73. The zero-order valence-electron chi connectivity index (χ0n) is 17.4. The third kappa shape index (κ3) is 6.26. The summed E-state index contributed by atoms with van der Waals surface area (Å²) in [4.78, 5) is 8.69. The van der Waals surface area contributed by atoms with Gasteiger partial charge in [0.15, 0.2) is 0 Å². The first-order chi connectivity index (χ1) is 13.2. The Kier molecular flexibility index (Phi) is 8.54. The Balaban J connectivity index is 0.000000281. The summed E-state index contributed by atoms with van der Waals surface area (Å²) in [5.41, 5.74) is 0.686. The number of ether oxygens (including phenoxy) is 2. The van der Waals surface area contributed by atoms with Gasteiger partial charge in [0.05, 0.1) is 11.1 Å². The molecule has 0 aromatic heterocycles. The molecule has 2 aromatic carbocycles. The molecule has 0 aliphatic carbocycles. The molecule has 0 atom stereocenters. The van der Waals surface area contributed by atoms with E-state index in [4.69, 9.17) is 9.47 Å². The Bertz CT molecular complexity index is 850. The van der Waals surface area contributed by atoms with Gasteiger partial charge in [0.2, 0.25) is 11.8 Å². The van der Waals surface area contributed by atoms with Crippen molar-refractivity contribution in [2.75, 3.05) is 13.2 Å². The first-order valence-corrected chi connectivity index (χ1v) is 9.15. The Hall–Kier alpha value is -2.48. The second-order valence-electron chi connectivity index (χ2n) is 8.03. The monoisotopic (exact) mass is 447 g/mol. The van der Waals surface area contributed by atoms with Crippen LogP contribution < -0.4 is 10.2 Å². The maximum absolute atomic E-state index is 11.5. The minimum atomic E-state index is -0.211. The largest absolute Gasteiger partial charge is 4.00 e. The number of para-hydroxylation sites is 2. The number of hydrogen-bond acceptors (Lipinski definition) is 6. The molecule has 157 valence electrons. The zero-order chi connectivity index (χ0) is 20.4. The summed E-state index contributed by atoms with van der Waals surface area (Å²) < 4.78 is 10.8. The fourth-order valence-corrected chi connectivity index (χ4v) is 2.73. The van der Waals surface area contributed by atoms with Crippen LogP contribution >= 0.6 is 0 Å². The average Bonchev–Trinajstić information content (AvgIpc) is 3.18. The van der Waals surface area contributed by atoms with Crippen molar-refractivity contribution in [1.29, 1.82) is 0 Å². The number of nitrogens with zero attached hydrogens (tertiary/aromatic N) is 2. The van der Waals surface area contributed by atoms with Gasteiger partial charge in [-0.2, -0.15) is 0 Å². The maximum Gasteiger partial charge on any atom is 4.00 e. The molecule has 2 aliphatic rings. The van der Waals surface area contributed by atoms with Crippen molar-refractivity contribution in [3.63, 3.8) is 0 Å². The van der Waals surface area contributed by atoms with Crippen molar-refractivity contribution in [3.8, 4) is 11.5 Å². The predicted octanol–water partition coefficient (Wildman–Crippen LogP) is 2.51. The van der Waals surface area contributed by atoms with Gasteiger partial charge in [0.1, 0.15) is 13.2 Å². The van der Waals surface area contributed by atoms with E-state index in [0.29, 0.717) is 36.1 Å². The van der Waals surface area contributed by atoms with Gasteiger partial charge in [-0.15, -0.1) is 0 Å². The average molecular weight is 447 g/mol. The molecule has 0 saturated carbocycles. The van der Waals surface area contributed by atoms with Crippen LogP contribution in [-0.2, 0) is 33.5 Å². The van der Waals surface area contributed by atoms with Gasteiger partial charge in [-0.05, 0) is 27.7 Å². The SMILES string of the molecule is CC1(C)COC(c2ccccc2[O-])=N1.CC1(C)COC(c2ccccc2[O-])=N1.[O-2].[V+4]. The van der Waals surface area contributed by atoms with Crippen molar-refractivity contribution in [1.82, 2.24) is 0 Å². The van der Waals surface area contributed by atoms with Crippen LogP contribution in [-0.4, -0.2) is 36.1 Å². The van der Waals surface area contributed by atoms with Crippen LogP contribution in [0.2, 0.25) is 0 Å². The van der Waals surface area contributed by atoms with Crippen molar-refractivity contribution < 1.29 is 43.7 Å². The summed E-state index contributed by atoms with van der Waals surface area (Å²) in [6.45, 7) is 9.00. The second-order valence-corrected chi connectivity index (χ2v) is 8.03. The zero-order valence-corrected chi connectivity index (χ0v) is 18.8. The molecule has 1 radical (unpaired) electrons. The van der Waals surface area contributed by atoms with Crippen molar-refractivity contribution in [2.24, 2.45) is 9.98 Å². The Morgan fingerprint density at radius 3 is 1.30 bits per heavy atom. The summed E-state index contributed by atoms with van der Waals surface area (Å²) in [6.07, 6.45) is 0. The summed E-state index contributed by atoms with van der Waals surface area (Å²) in [5, 5.41) is 22.9. The Labute approximate surface area is 188 Å². The molecule has 0 fully saturated rings. The molecule has 2 aromatic rings. The Morgan fingerprint density at radius 1 is 0.700 bits per heavy atom. The van der Waals surface area contributed by atoms with Crippen molar-refractivity contribution in [3.05, 3.63) is 59.7 Å². The number of aliphatic imine (C=N–C) groups is 2. The van der Waals surface area contributed by atoms with E-state index in [1.807, 2.05) is 39.8 Å². The number of hydrogen-bond donors (Lipinski definition) is 0. The molecular weight excluding hydrogens is 423 g/mol. The van der Waals surface area contributed by atoms with Crippen LogP contribution in [0, 0.1) is 0 Å². The van der Waals surface area contributed by atoms with E-state index in [-0.39, 0.29) is 46.6 Å². The number of benzene rings is 2. The number of rotatable bonds is 2. The fraction of sp³-hybridized carbons (Fsp3) is 0.364. The van der Waals surface area contributed by atoms with E-state index in [0.717, 1.165) is 0 Å². The second kappa shape index (κ2) is 10.0.